The third-order valence-corrected chi connectivity index (χ3v) is 3.04. The minimum absolute atomic E-state index is 0.0189. The maximum Gasteiger partial charge on any atom is 0.265 e. The first-order valence-electron chi connectivity index (χ1n) is 6.28. The predicted octanol–water partition coefficient (Wildman–Crippen LogP) is 2.32. The molecule has 1 aromatic carbocycles. The molecule has 0 bridgehead atoms. The summed E-state index contributed by atoms with van der Waals surface area (Å²) in [5, 5.41) is 3.34. The summed E-state index contributed by atoms with van der Waals surface area (Å²) in [5.41, 5.74) is 9.28. The molecule has 0 fully saturated rings. The molecule has 0 N–H and O–H groups in total. The summed E-state index contributed by atoms with van der Waals surface area (Å²) in [5.74, 6) is 0.339. The van der Waals surface area contributed by atoms with Crippen molar-refractivity contribution < 1.29 is 14.3 Å². The number of benzene rings is 1. The van der Waals surface area contributed by atoms with Crippen molar-refractivity contribution in [2.75, 3.05) is 24.6 Å². The van der Waals surface area contributed by atoms with Gasteiger partial charge in [-0.05, 0) is 30.7 Å². The number of carbonyl (C=O) groups is 2. The number of carbonyl (C=O) groups excluding carboxylic acids is 2. The summed E-state index contributed by atoms with van der Waals surface area (Å²) in [7, 11) is 0. The molecule has 0 aliphatic carbocycles. The lowest BCUT2D eigenvalue weighted by Gasteiger charge is -2.28. The van der Waals surface area contributed by atoms with Gasteiger partial charge in [0, 0.05) is 30.0 Å². The monoisotopic (exact) mass is 274 g/mol. The van der Waals surface area contributed by atoms with E-state index in [2.05, 4.69) is 10.0 Å². The first-order chi connectivity index (χ1) is 9.67. The number of nitrogens with zero attached hydrogens (tertiary/aromatic N) is 4. The third-order valence-electron chi connectivity index (χ3n) is 3.04. The van der Waals surface area contributed by atoms with Crippen LogP contribution in [0.5, 0.6) is 5.75 Å². The van der Waals surface area contributed by atoms with Crippen LogP contribution in [0.25, 0.3) is 10.4 Å². The molecule has 1 heterocycles. The number of anilines is 1. The van der Waals surface area contributed by atoms with Crippen LogP contribution in [0.15, 0.2) is 23.3 Å². The van der Waals surface area contributed by atoms with Crippen molar-refractivity contribution in [2.45, 2.75) is 13.3 Å². The largest absolute Gasteiger partial charge is 0.482 e. The number of ketones is 1. The fourth-order valence-electron chi connectivity index (χ4n) is 2.06. The van der Waals surface area contributed by atoms with Gasteiger partial charge in [0.1, 0.15) is 5.75 Å². The molecule has 7 nitrogen and oxygen atoms in total. The molecule has 1 aliphatic heterocycles. The van der Waals surface area contributed by atoms with E-state index in [0.717, 1.165) is 0 Å². The van der Waals surface area contributed by atoms with Gasteiger partial charge in [-0.1, -0.05) is 5.11 Å². The van der Waals surface area contributed by atoms with Gasteiger partial charge in [-0.15, -0.1) is 0 Å². The van der Waals surface area contributed by atoms with E-state index >= 15 is 0 Å². The van der Waals surface area contributed by atoms with Crippen molar-refractivity contribution in [1.82, 2.24) is 0 Å². The Morgan fingerprint density at radius 2 is 2.35 bits per heavy atom. The van der Waals surface area contributed by atoms with Crippen LogP contribution in [0.4, 0.5) is 5.69 Å². The van der Waals surface area contributed by atoms with Gasteiger partial charge in [0.15, 0.2) is 12.4 Å². The first kappa shape index (κ1) is 13.9. The summed E-state index contributed by atoms with van der Waals surface area (Å²) in [6.07, 6.45) is 0.143. The van der Waals surface area contributed by atoms with Crippen molar-refractivity contribution in [3.05, 3.63) is 34.2 Å². The van der Waals surface area contributed by atoms with Gasteiger partial charge in [0.25, 0.3) is 5.91 Å². The van der Waals surface area contributed by atoms with E-state index in [0.29, 0.717) is 23.5 Å². The second kappa shape index (κ2) is 6.08. The van der Waals surface area contributed by atoms with Crippen molar-refractivity contribution in [2.24, 2.45) is 5.11 Å². The number of azide groups is 1. The van der Waals surface area contributed by atoms with Crippen LogP contribution in [-0.4, -0.2) is 31.4 Å². The predicted molar refractivity (Wildman–Crippen MR) is 72.9 cm³/mol. The van der Waals surface area contributed by atoms with Crippen molar-refractivity contribution in [3.8, 4) is 5.75 Å². The van der Waals surface area contributed by atoms with Gasteiger partial charge in [0.2, 0.25) is 0 Å². The van der Waals surface area contributed by atoms with Crippen LogP contribution < -0.4 is 9.64 Å². The minimum atomic E-state index is -0.130. The molecule has 1 aliphatic rings. The van der Waals surface area contributed by atoms with Crippen LogP contribution in [0.2, 0.25) is 0 Å². The topological polar surface area (TPSA) is 95.4 Å². The SMILES string of the molecule is CCN1C(=O)COc2ccc(C(=O)CCN=[N+]=[N-])cc21. The Hall–Kier alpha value is -2.53. The number of hydrogen-bond acceptors (Lipinski definition) is 4. The van der Waals surface area contributed by atoms with Gasteiger partial charge >= 0.3 is 0 Å². The standard InChI is InChI=1S/C13H14N4O3/c1-2-17-10-7-9(11(18)5-6-15-16-14)3-4-12(10)20-8-13(17)19/h3-4,7H,2,5-6,8H2,1H3. The number of likely N-dealkylation sites (N-methyl/N-ethyl adjacent to an activating group) is 1. The third kappa shape index (κ3) is 2.73. The lowest BCUT2D eigenvalue weighted by molar-refractivity contribution is -0.121. The van der Waals surface area contributed by atoms with Crippen LogP contribution in [0.1, 0.15) is 23.7 Å². The molecule has 104 valence electrons. The molecule has 20 heavy (non-hydrogen) atoms. The molecule has 0 aromatic heterocycles. The summed E-state index contributed by atoms with van der Waals surface area (Å²) in [6, 6.07) is 4.99. The second-order valence-corrected chi connectivity index (χ2v) is 4.24. The van der Waals surface area contributed by atoms with Gasteiger partial charge in [-0.25, -0.2) is 0 Å². The van der Waals surface area contributed by atoms with Crippen molar-refractivity contribution in [3.63, 3.8) is 0 Å². The highest BCUT2D eigenvalue weighted by Crippen LogP contribution is 2.33. The van der Waals surface area contributed by atoms with Crippen LogP contribution >= 0.6 is 0 Å². The normalized spacial score (nSPS) is 13.2. The Balaban J connectivity index is 2.25. The zero-order valence-corrected chi connectivity index (χ0v) is 11.1. The van der Waals surface area contributed by atoms with E-state index in [1.165, 1.54) is 0 Å². The fourth-order valence-corrected chi connectivity index (χ4v) is 2.06. The van der Waals surface area contributed by atoms with Crippen molar-refractivity contribution >= 4 is 17.4 Å². The summed E-state index contributed by atoms with van der Waals surface area (Å²) in [6.45, 7) is 2.53. The maximum atomic E-state index is 12.0. The number of ether oxygens (including phenoxy) is 1. The number of hydrogen-bond donors (Lipinski definition) is 0. The highest BCUT2D eigenvalue weighted by atomic mass is 16.5. The number of fused-ring (bicyclic) bond motifs is 1. The average Bonchev–Trinajstić information content (AvgIpc) is 2.46. The molecule has 2 rings (SSSR count). The van der Waals surface area contributed by atoms with E-state index in [4.69, 9.17) is 10.3 Å². The van der Waals surface area contributed by atoms with E-state index < -0.39 is 0 Å². The lowest BCUT2D eigenvalue weighted by Crippen LogP contribution is -2.38. The van der Waals surface area contributed by atoms with Gasteiger partial charge in [-0.3, -0.25) is 9.59 Å². The maximum absolute atomic E-state index is 12.0. The minimum Gasteiger partial charge on any atom is -0.482 e. The molecule has 0 saturated carbocycles. The fraction of sp³-hybridized carbons (Fsp3) is 0.385. The smallest absolute Gasteiger partial charge is 0.265 e. The Labute approximate surface area is 115 Å². The van der Waals surface area contributed by atoms with Crippen LogP contribution in [-0.2, 0) is 4.79 Å². The van der Waals surface area contributed by atoms with E-state index in [9.17, 15) is 9.59 Å². The van der Waals surface area contributed by atoms with Crippen LogP contribution in [0.3, 0.4) is 0 Å². The first-order valence-corrected chi connectivity index (χ1v) is 6.28. The average molecular weight is 274 g/mol. The van der Waals surface area contributed by atoms with Gasteiger partial charge in [0.05, 0.1) is 5.69 Å². The van der Waals surface area contributed by atoms with E-state index in [1.807, 2.05) is 6.92 Å². The van der Waals surface area contributed by atoms with Gasteiger partial charge in [-0.2, -0.15) is 0 Å². The Bertz CT molecular complexity index is 593. The summed E-state index contributed by atoms with van der Waals surface area (Å²) >= 11 is 0. The summed E-state index contributed by atoms with van der Waals surface area (Å²) < 4.78 is 5.33. The number of Topliss-reactive ketones (excluding diaryl/α,β-unsaturated/α-hetero) is 1. The Morgan fingerprint density at radius 3 is 3.05 bits per heavy atom. The molecule has 0 spiro atoms. The molecule has 0 radical (unpaired) electrons. The second-order valence-electron chi connectivity index (χ2n) is 4.24. The quantitative estimate of drug-likeness (QED) is 0.356. The highest BCUT2D eigenvalue weighted by Gasteiger charge is 2.25. The van der Waals surface area contributed by atoms with Crippen molar-refractivity contribution in [1.29, 1.82) is 0 Å². The summed E-state index contributed by atoms with van der Waals surface area (Å²) in [4.78, 5) is 27.9. The molecule has 0 saturated heterocycles. The molecule has 7 heteroatoms. The molecule has 1 aromatic rings. The number of amides is 1. The lowest BCUT2D eigenvalue weighted by atomic mass is 10.1. The number of rotatable bonds is 5. The van der Waals surface area contributed by atoms with E-state index in [-0.39, 0.29) is 31.3 Å². The Morgan fingerprint density at radius 1 is 1.55 bits per heavy atom. The molecular weight excluding hydrogens is 260 g/mol. The van der Waals surface area contributed by atoms with E-state index in [1.54, 1.807) is 23.1 Å². The van der Waals surface area contributed by atoms with Gasteiger partial charge < -0.3 is 9.64 Å². The van der Waals surface area contributed by atoms with Crippen LogP contribution in [0, 0.1) is 0 Å². The zero-order chi connectivity index (χ0) is 14.5. The highest BCUT2D eigenvalue weighted by molar-refractivity contribution is 6.01. The molecule has 0 unspecified atom stereocenters. The molecule has 1 amide bonds. The Kier molecular flexibility index (Phi) is 4.22. The zero-order valence-electron chi connectivity index (χ0n) is 11.1. The molecule has 0 atom stereocenters. The molecular formula is C13H14N4O3.